The van der Waals surface area contributed by atoms with E-state index in [4.69, 9.17) is 15.3 Å². The molecule has 0 saturated carbocycles. The zero-order valence-corrected chi connectivity index (χ0v) is 10.3. The van der Waals surface area contributed by atoms with E-state index in [0.717, 1.165) is 17.5 Å². The van der Waals surface area contributed by atoms with Crippen molar-refractivity contribution in [3.63, 3.8) is 0 Å². The van der Waals surface area contributed by atoms with Crippen LogP contribution in [0.3, 0.4) is 0 Å². The summed E-state index contributed by atoms with van der Waals surface area (Å²) in [5.41, 5.74) is 5.69. The zero-order valence-electron chi connectivity index (χ0n) is 9.44. The number of carboxylic acids is 1. The molecule has 0 spiro atoms. The lowest BCUT2D eigenvalue weighted by Crippen LogP contribution is -2.08. The molecule has 0 aliphatic carbocycles. The van der Waals surface area contributed by atoms with Crippen LogP contribution in [-0.4, -0.2) is 31.6 Å². The second-order valence-electron chi connectivity index (χ2n) is 3.50. The Kier molecular flexibility index (Phi) is 3.88. The van der Waals surface area contributed by atoms with E-state index < -0.39 is 5.97 Å². The Hall–Kier alpha value is -1.96. The van der Waals surface area contributed by atoms with Crippen molar-refractivity contribution in [3.8, 4) is 0 Å². The second kappa shape index (κ2) is 5.58. The van der Waals surface area contributed by atoms with Crippen LogP contribution in [0.5, 0.6) is 0 Å². The minimum absolute atomic E-state index is 0.0706. The van der Waals surface area contributed by atoms with Gasteiger partial charge in [0.05, 0.1) is 12.0 Å². The van der Waals surface area contributed by atoms with Gasteiger partial charge in [0.25, 0.3) is 0 Å². The molecule has 3 N–H and O–H groups in total. The van der Waals surface area contributed by atoms with Crippen molar-refractivity contribution < 1.29 is 14.3 Å². The predicted molar refractivity (Wildman–Crippen MR) is 65.2 cm³/mol. The Bertz CT molecular complexity index is 523. The number of carbonyl (C=O) groups is 1. The Morgan fingerprint density at radius 3 is 3.06 bits per heavy atom. The normalized spacial score (nSPS) is 10.7. The van der Waals surface area contributed by atoms with Crippen LogP contribution in [0.2, 0.25) is 0 Å². The Labute approximate surface area is 107 Å². The maximum absolute atomic E-state index is 10.5. The van der Waals surface area contributed by atoms with Crippen molar-refractivity contribution in [3.05, 3.63) is 24.2 Å². The lowest BCUT2D eigenvalue weighted by atomic mass is 10.3. The molecule has 0 aromatic carbocycles. The van der Waals surface area contributed by atoms with Crippen molar-refractivity contribution >= 4 is 23.7 Å². The summed E-state index contributed by atoms with van der Waals surface area (Å²) in [5.74, 6) is 0.129. The van der Waals surface area contributed by atoms with Crippen LogP contribution in [-0.2, 0) is 17.8 Å². The molecule has 0 fully saturated rings. The first-order valence-corrected chi connectivity index (χ1v) is 6.21. The highest BCUT2D eigenvalue weighted by molar-refractivity contribution is 7.99. The molecule has 8 heteroatoms. The SMILES string of the molecule is Nc1nnc(SCC(=O)O)n1CCc1ccco1. The van der Waals surface area contributed by atoms with Gasteiger partial charge in [0, 0.05) is 13.0 Å². The van der Waals surface area contributed by atoms with Crippen LogP contribution in [0.15, 0.2) is 28.0 Å². The highest BCUT2D eigenvalue weighted by atomic mass is 32.2. The third kappa shape index (κ3) is 3.04. The quantitative estimate of drug-likeness (QED) is 0.748. The maximum Gasteiger partial charge on any atom is 0.313 e. The third-order valence-electron chi connectivity index (χ3n) is 2.23. The fourth-order valence-electron chi connectivity index (χ4n) is 1.42. The highest BCUT2D eigenvalue weighted by Crippen LogP contribution is 2.18. The summed E-state index contributed by atoms with van der Waals surface area (Å²) < 4.78 is 6.89. The average Bonchev–Trinajstić information content (AvgIpc) is 2.94. The summed E-state index contributed by atoms with van der Waals surface area (Å²) in [6.45, 7) is 0.550. The van der Waals surface area contributed by atoms with Gasteiger partial charge < -0.3 is 15.3 Å². The van der Waals surface area contributed by atoms with Crippen molar-refractivity contribution in [1.29, 1.82) is 0 Å². The third-order valence-corrected chi connectivity index (χ3v) is 3.18. The summed E-state index contributed by atoms with van der Waals surface area (Å²) in [4.78, 5) is 10.5. The number of aromatic nitrogens is 3. The molecule has 0 atom stereocenters. The predicted octanol–water partition coefficient (Wildman–Crippen LogP) is 0.873. The molecule has 2 aromatic rings. The van der Waals surface area contributed by atoms with Crippen molar-refractivity contribution in [1.82, 2.24) is 14.8 Å². The largest absolute Gasteiger partial charge is 0.481 e. The van der Waals surface area contributed by atoms with Crippen molar-refractivity contribution in [2.24, 2.45) is 0 Å². The monoisotopic (exact) mass is 268 g/mol. The molecular formula is C10H12N4O3S. The summed E-state index contributed by atoms with van der Waals surface area (Å²) in [6.07, 6.45) is 2.25. The lowest BCUT2D eigenvalue weighted by molar-refractivity contribution is -0.133. The van der Waals surface area contributed by atoms with Gasteiger partial charge in [-0.1, -0.05) is 11.8 Å². The number of hydrogen-bond acceptors (Lipinski definition) is 6. The summed E-state index contributed by atoms with van der Waals surface area (Å²) >= 11 is 1.09. The molecule has 0 saturated heterocycles. The number of furan rings is 1. The number of carboxylic acid groups (broad SMARTS) is 1. The number of hydrogen-bond donors (Lipinski definition) is 2. The number of nitrogens with zero attached hydrogens (tertiary/aromatic N) is 3. The van der Waals surface area contributed by atoms with Crippen LogP contribution in [0, 0.1) is 0 Å². The first-order valence-electron chi connectivity index (χ1n) is 5.22. The van der Waals surface area contributed by atoms with E-state index >= 15 is 0 Å². The van der Waals surface area contributed by atoms with E-state index in [1.54, 1.807) is 10.8 Å². The molecule has 0 radical (unpaired) electrons. The summed E-state index contributed by atoms with van der Waals surface area (Å²) in [6, 6.07) is 3.68. The molecule has 18 heavy (non-hydrogen) atoms. The molecule has 2 aromatic heterocycles. The summed E-state index contributed by atoms with van der Waals surface area (Å²) in [7, 11) is 0. The molecule has 0 amide bonds. The average molecular weight is 268 g/mol. The molecular weight excluding hydrogens is 256 g/mol. The standard InChI is InChI=1S/C10H12N4O3S/c11-9-12-13-10(18-6-8(15)16)14(9)4-3-7-2-1-5-17-7/h1-2,5H,3-4,6H2,(H2,11,12)(H,15,16). The molecule has 0 unspecified atom stereocenters. The highest BCUT2D eigenvalue weighted by Gasteiger charge is 2.12. The van der Waals surface area contributed by atoms with E-state index in [-0.39, 0.29) is 11.7 Å². The van der Waals surface area contributed by atoms with Gasteiger partial charge >= 0.3 is 5.97 Å². The Morgan fingerprint density at radius 1 is 1.56 bits per heavy atom. The number of nitrogens with two attached hydrogens (primary N) is 1. The van der Waals surface area contributed by atoms with Gasteiger partial charge in [-0.05, 0) is 12.1 Å². The van der Waals surface area contributed by atoms with Crippen LogP contribution >= 0.6 is 11.8 Å². The van der Waals surface area contributed by atoms with Gasteiger partial charge in [0.1, 0.15) is 5.76 Å². The number of anilines is 1. The smallest absolute Gasteiger partial charge is 0.313 e. The fraction of sp³-hybridized carbons (Fsp3) is 0.300. The summed E-state index contributed by atoms with van der Waals surface area (Å²) in [5, 5.41) is 16.7. The van der Waals surface area contributed by atoms with Crippen LogP contribution in [0.4, 0.5) is 5.95 Å². The van der Waals surface area contributed by atoms with Gasteiger partial charge in [-0.3, -0.25) is 9.36 Å². The molecule has 2 heterocycles. The van der Waals surface area contributed by atoms with E-state index in [0.29, 0.717) is 18.1 Å². The first-order chi connectivity index (χ1) is 8.66. The van der Waals surface area contributed by atoms with Gasteiger partial charge in [-0.15, -0.1) is 10.2 Å². The van der Waals surface area contributed by atoms with Crippen molar-refractivity contribution in [2.75, 3.05) is 11.5 Å². The molecule has 0 bridgehead atoms. The van der Waals surface area contributed by atoms with Crippen LogP contribution < -0.4 is 5.73 Å². The van der Waals surface area contributed by atoms with Gasteiger partial charge in [-0.2, -0.15) is 0 Å². The zero-order chi connectivity index (χ0) is 13.0. The van der Waals surface area contributed by atoms with Gasteiger partial charge in [0.15, 0.2) is 5.16 Å². The minimum Gasteiger partial charge on any atom is -0.481 e. The Morgan fingerprint density at radius 2 is 2.39 bits per heavy atom. The van der Waals surface area contributed by atoms with Gasteiger partial charge in [0.2, 0.25) is 5.95 Å². The molecule has 96 valence electrons. The first kappa shape index (κ1) is 12.5. The van der Waals surface area contributed by atoms with E-state index in [1.807, 2.05) is 12.1 Å². The number of thioether (sulfide) groups is 1. The lowest BCUT2D eigenvalue weighted by Gasteiger charge is -2.05. The molecule has 0 aliphatic rings. The number of aliphatic carboxylic acids is 1. The van der Waals surface area contributed by atoms with Crippen LogP contribution in [0.25, 0.3) is 0 Å². The topological polar surface area (TPSA) is 107 Å². The van der Waals surface area contributed by atoms with Crippen LogP contribution in [0.1, 0.15) is 5.76 Å². The molecule has 2 rings (SSSR count). The number of rotatable bonds is 6. The van der Waals surface area contributed by atoms with Gasteiger partial charge in [-0.25, -0.2) is 0 Å². The van der Waals surface area contributed by atoms with E-state index in [1.165, 1.54) is 0 Å². The number of aryl methyl sites for hydroxylation is 1. The fourth-order valence-corrected chi connectivity index (χ4v) is 2.11. The minimum atomic E-state index is -0.904. The maximum atomic E-state index is 10.5. The van der Waals surface area contributed by atoms with E-state index in [2.05, 4.69) is 10.2 Å². The van der Waals surface area contributed by atoms with Crippen molar-refractivity contribution in [2.45, 2.75) is 18.1 Å². The molecule has 7 nitrogen and oxygen atoms in total. The Balaban J connectivity index is 2.02. The molecule has 0 aliphatic heterocycles. The number of nitrogen functional groups attached to an aromatic ring is 1. The second-order valence-corrected chi connectivity index (χ2v) is 4.45. The van der Waals surface area contributed by atoms with E-state index in [9.17, 15) is 4.79 Å².